The first-order valence-corrected chi connectivity index (χ1v) is 12.1. The first-order valence-electron chi connectivity index (χ1n) is 11.2. The van der Waals surface area contributed by atoms with Crippen LogP contribution in [0, 0.1) is 0 Å². The maximum Gasteiger partial charge on any atom is 0.419 e. The largest absolute Gasteiger partial charge is 0.419 e. The normalized spacial score (nSPS) is 20.6. The maximum absolute atomic E-state index is 14.2. The lowest BCUT2D eigenvalue weighted by Gasteiger charge is -2.29. The number of aliphatic hydroxyl groups is 2. The van der Waals surface area contributed by atoms with E-state index in [0.717, 1.165) is 22.3 Å². The molecule has 1 saturated carbocycles. The molecule has 4 atom stereocenters. The summed E-state index contributed by atoms with van der Waals surface area (Å²) >= 11 is 1.47. The summed E-state index contributed by atoms with van der Waals surface area (Å²) < 4.78 is 53.8. The van der Waals surface area contributed by atoms with Crippen molar-refractivity contribution >= 4 is 44.7 Å². The Labute approximate surface area is 207 Å². The summed E-state index contributed by atoms with van der Waals surface area (Å²) in [6.45, 7) is -0.754. The second-order valence-electron chi connectivity index (χ2n) is 8.85. The molecule has 13 heteroatoms. The molecule has 0 aliphatic heterocycles. The summed E-state index contributed by atoms with van der Waals surface area (Å²) in [6.07, 6.45) is -5.42. The van der Waals surface area contributed by atoms with Crippen molar-refractivity contribution in [2.45, 2.75) is 56.3 Å². The van der Waals surface area contributed by atoms with E-state index in [2.05, 4.69) is 25.9 Å². The van der Waals surface area contributed by atoms with E-state index in [9.17, 15) is 32.6 Å². The number of carbonyl (C=O) groups excluding carboxylic acids is 1. The Morgan fingerprint density at radius 1 is 1.25 bits per heavy atom. The van der Waals surface area contributed by atoms with Gasteiger partial charge in [-0.1, -0.05) is 0 Å². The van der Waals surface area contributed by atoms with Gasteiger partial charge in [-0.15, -0.1) is 11.3 Å². The molecule has 0 spiro atoms. The molecule has 1 aliphatic rings. The number of rotatable bonds is 8. The first-order chi connectivity index (χ1) is 17.0. The van der Waals surface area contributed by atoms with Gasteiger partial charge in [-0.05, 0) is 44.4 Å². The van der Waals surface area contributed by atoms with E-state index >= 15 is 0 Å². The van der Waals surface area contributed by atoms with Gasteiger partial charge >= 0.3 is 6.18 Å². The molecule has 1 aromatic carbocycles. The molecular formula is C23H25F4N5O3S. The molecule has 4 unspecified atom stereocenters. The lowest BCUT2D eigenvalue weighted by molar-refractivity contribution is -0.272. The lowest BCUT2D eigenvalue weighted by atomic mass is 9.99. The summed E-state index contributed by atoms with van der Waals surface area (Å²) in [5, 5.41) is 28.1. The average Bonchev–Trinajstić information content (AvgIpc) is 3.45. The van der Waals surface area contributed by atoms with Crippen molar-refractivity contribution in [3.8, 4) is 0 Å². The standard InChI is InChI=1S/C23H25F4N5O3S/c1-22(35,23(25,26)27)19(24)10-29-21(34)13-9-28-20(8-16(13)32-14-3-2-4-17(14)33)31-12-5-6-15-18(7-12)36-11-30-15/h5-9,11,14,17,19,33,35H,2-4,10H2,1H3,(H,29,34)(H2,28,31,32). The first kappa shape index (κ1) is 26.0. The number of benzene rings is 1. The Kier molecular flexibility index (Phi) is 7.34. The summed E-state index contributed by atoms with van der Waals surface area (Å²) in [5.74, 6) is -0.510. The fraction of sp³-hybridized carbons (Fsp3) is 0.435. The predicted molar refractivity (Wildman–Crippen MR) is 128 cm³/mol. The van der Waals surface area contributed by atoms with Gasteiger partial charge in [0.15, 0.2) is 11.8 Å². The smallest absolute Gasteiger partial charge is 0.391 e. The molecule has 0 radical (unpaired) electrons. The highest BCUT2D eigenvalue weighted by Crippen LogP contribution is 2.34. The monoisotopic (exact) mass is 527 g/mol. The zero-order valence-electron chi connectivity index (χ0n) is 19.1. The molecule has 5 N–H and O–H groups in total. The minimum atomic E-state index is -5.21. The second-order valence-corrected chi connectivity index (χ2v) is 9.73. The highest BCUT2D eigenvalue weighted by atomic mass is 32.1. The van der Waals surface area contributed by atoms with Gasteiger partial charge in [-0.2, -0.15) is 13.2 Å². The molecule has 4 rings (SSSR count). The minimum absolute atomic E-state index is 0.0450. The molecule has 0 saturated heterocycles. The topological polar surface area (TPSA) is 119 Å². The van der Waals surface area contributed by atoms with Gasteiger partial charge in [0.1, 0.15) is 5.82 Å². The van der Waals surface area contributed by atoms with E-state index in [1.54, 1.807) is 5.51 Å². The number of alkyl halides is 4. The molecular weight excluding hydrogens is 502 g/mol. The zero-order valence-corrected chi connectivity index (χ0v) is 20.0. The van der Waals surface area contributed by atoms with Crippen molar-refractivity contribution in [2.24, 2.45) is 0 Å². The van der Waals surface area contributed by atoms with Gasteiger partial charge in [0.2, 0.25) is 0 Å². The molecule has 2 heterocycles. The molecule has 194 valence electrons. The number of fused-ring (bicyclic) bond motifs is 1. The van der Waals surface area contributed by atoms with Gasteiger partial charge < -0.3 is 26.2 Å². The molecule has 1 aliphatic carbocycles. The number of amides is 1. The average molecular weight is 528 g/mol. The highest BCUT2D eigenvalue weighted by Gasteiger charge is 2.55. The van der Waals surface area contributed by atoms with Gasteiger partial charge in [-0.25, -0.2) is 14.4 Å². The Bertz CT molecular complexity index is 1240. The summed E-state index contributed by atoms with van der Waals surface area (Å²) in [4.78, 5) is 21.2. The van der Waals surface area contributed by atoms with E-state index in [0.29, 0.717) is 25.6 Å². The molecule has 1 fully saturated rings. The minimum Gasteiger partial charge on any atom is -0.391 e. The number of pyridine rings is 1. The highest BCUT2D eigenvalue weighted by molar-refractivity contribution is 7.16. The van der Waals surface area contributed by atoms with Crippen LogP contribution in [0.4, 0.5) is 34.8 Å². The van der Waals surface area contributed by atoms with Crippen LogP contribution in [-0.2, 0) is 0 Å². The quantitative estimate of drug-likeness (QED) is 0.279. The van der Waals surface area contributed by atoms with Crippen LogP contribution in [-0.4, -0.2) is 62.7 Å². The molecule has 0 bridgehead atoms. The van der Waals surface area contributed by atoms with Crippen LogP contribution in [0.3, 0.4) is 0 Å². The summed E-state index contributed by atoms with van der Waals surface area (Å²) in [6, 6.07) is 6.73. The number of carbonyl (C=O) groups is 1. The number of thiazole rings is 1. The van der Waals surface area contributed by atoms with Crippen molar-refractivity contribution < 1.29 is 32.6 Å². The van der Waals surface area contributed by atoms with Gasteiger partial charge in [0.05, 0.1) is 45.7 Å². The lowest BCUT2D eigenvalue weighted by Crippen LogP contribution is -2.54. The summed E-state index contributed by atoms with van der Waals surface area (Å²) in [7, 11) is 0. The molecule has 1 amide bonds. The maximum atomic E-state index is 14.2. The van der Waals surface area contributed by atoms with Crippen LogP contribution in [0.25, 0.3) is 10.2 Å². The van der Waals surface area contributed by atoms with E-state index in [4.69, 9.17) is 0 Å². The number of hydrogen-bond acceptors (Lipinski definition) is 8. The van der Waals surface area contributed by atoms with Gasteiger partial charge in [-0.3, -0.25) is 4.79 Å². The number of nitrogens with one attached hydrogen (secondary N) is 3. The third-order valence-corrected chi connectivity index (χ3v) is 6.99. The van der Waals surface area contributed by atoms with Crippen molar-refractivity contribution in [1.82, 2.24) is 15.3 Å². The molecule has 2 aromatic heterocycles. The van der Waals surface area contributed by atoms with Crippen molar-refractivity contribution in [3.05, 3.63) is 41.5 Å². The van der Waals surface area contributed by atoms with Crippen LogP contribution in [0.1, 0.15) is 36.5 Å². The van der Waals surface area contributed by atoms with E-state index < -0.39 is 36.5 Å². The number of hydrogen-bond donors (Lipinski definition) is 5. The van der Waals surface area contributed by atoms with E-state index in [1.165, 1.54) is 23.6 Å². The van der Waals surface area contributed by atoms with Crippen molar-refractivity contribution in [2.75, 3.05) is 17.2 Å². The van der Waals surface area contributed by atoms with Crippen molar-refractivity contribution in [1.29, 1.82) is 0 Å². The molecule has 36 heavy (non-hydrogen) atoms. The van der Waals surface area contributed by atoms with Crippen LogP contribution in [0.15, 0.2) is 36.0 Å². The second kappa shape index (κ2) is 10.1. The summed E-state index contributed by atoms with van der Waals surface area (Å²) in [5.41, 5.74) is -0.105. The van der Waals surface area contributed by atoms with Gasteiger partial charge in [0, 0.05) is 18.0 Å². The Hall–Kier alpha value is -3.03. The number of anilines is 3. The Morgan fingerprint density at radius 3 is 2.72 bits per heavy atom. The Morgan fingerprint density at radius 2 is 2.03 bits per heavy atom. The molecule has 8 nitrogen and oxygen atoms in total. The fourth-order valence-corrected chi connectivity index (χ4v) is 4.58. The van der Waals surface area contributed by atoms with Crippen molar-refractivity contribution in [3.63, 3.8) is 0 Å². The Balaban J connectivity index is 1.54. The number of aromatic nitrogens is 2. The van der Waals surface area contributed by atoms with Crippen LogP contribution < -0.4 is 16.0 Å². The van der Waals surface area contributed by atoms with Crippen LogP contribution >= 0.6 is 11.3 Å². The van der Waals surface area contributed by atoms with Crippen LogP contribution in [0.2, 0.25) is 0 Å². The van der Waals surface area contributed by atoms with Crippen LogP contribution in [0.5, 0.6) is 0 Å². The number of nitrogens with zero attached hydrogens (tertiary/aromatic N) is 2. The number of aliphatic hydroxyl groups excluding tert-OH is 1. The van der Waals surface area contributed by atoms with Gasteiger partial charge in [0.25, 0.3) is 5.91 Å². The fourth-order valence-electron chi connectivity index (χ4n) is 3.87. The molecule has 3 aromatic rings. The predicted octanol–water partition coefficient (Wildman–Crippen LogP) is 4.14. The third-order valence-electron chi connectivity index (χ3n) is 6.20. The zero-order chi connectivity index (χ0) is 26.1. The number of halogens is 4. The van der Waals surface area contributed by atoms with E-state index in [-0.39, 0.29) is 17.3 Å². The SMILES string of the molecule is CC(O)(C(F)CNC(=O)c1cnc(Nc2ccc3ncsc3c2)cc1NC1CCCC1O)C(F)(F)F. The van der Waals surface area contributed by atoms with E-state index in [1.807, 2.05) is 18.2 Å². The third kappa shape index (κ3) is 5.52.